The van der Waals surface area contributed by atoms with Gasteiger partial charge in [-0.25, -0.2) is 0 Å². The van der Waals surface area contributed by atoms with Crippen molar-refractivity contribution in [1.29, 1.82) is 5.26 Å². The molecule has 1 unspecified atom stereocenters. The summed E-state index contributed by atoms with van der Waals surface area (Å²) in [6, 6.07) is 2.14. The number of amides is 1. The molecule has 0 fully saturated rings. The Kier molecular flexibility index (Phi) is 11.7. The van der Waals surface area contributed by atoms with Crippen molar-refractivity contribution in [2.45, 2.75) is 84.1 Å². The third-order valence-electron chi connectivity index (χ3n) is 3.20. The Morgan fingerprint density at radius 2 is 1.72 bits per heavy atom. The standard InChI is InChI=1S/C15H28N2O/c1-3-5-6-7-8-9-10-11-15(18)17-14(4-2)12-13-16/h14H,3-12H2,1-2H3,(H,17,18). The first kappa shape index (κ1) is 17.0. The lowest BCUT2D eigenvalue weighted by Crippen LogP contribution is -2.33. The first-order valence-corrected chi connectivity index (χ1v) is 7.40. The van der Waals surface area contributed by atoms with E-state index in [4.69, 9.17) is 5.26 Å². The highest BCUT2D eigenvalue weighted by molar-refractivity contribution is 5.76. The van der Waals surface area contributed by atoms with Crippen molar-refractivity contribution in [2.75, 3.05) is 0 Å². The molecule has 3 nitrogen and oxygen atoms in total. The molecule has 0 heterocycles. The summed E-state index contributed by atoms with van der Waals surface area (Å²) in [5, 5.41) is 11.5. The Hall–Kier alpha value is -1.04. The predicted molar refractivity (Wildman–Crippen MR) is 75.1 cm³/mol. The largest absolute Gasteiger partial charge is 0.352 e. The number of nitriles is 1. The summed E-state index contributed by atoms with van der Waals surface area (Å²) in [6.45, 7) is 4.21. The minimum atomic E-state index is 0.0343. The lowest BCUT2D eigenvalue weighted by molar-refractivity contribution is -0.121. The number of carbonyl (C=O) groups is 1. The van der Waals surface area contributed by atoms with Crippen LogP contribution in [-0.4, -0.2) is 11.9 Å². The Morgan fingerprint density at radius 1 is 1.11 bits per heavy atom. The second kappa shape index (κ2) is 12.4. The van der Waals surface area contributed by atoms with E-state index in [-0.39, 0.29) is 11.9 Å². The van der Waals surface area contributed by atoms with E-state index in [1.54, 1.807) is 0 Å². The number of hydrogen-bond acceptors (Lipinski definition) is 2. The van der Waals surface area contributed by atoms with Gasteiger partial charge in [0.2, 0.25) is 5.91 Å². The topological polar surface area (TPSA) is 52.9 Å². The Morgan fingerprint density at radius 3 is 2.28 bits per heavy atom. The zero-order valence-electron chi connectivity index (χ0n) is 12.0. The van der Waals surface area contributed by atoms with Crippen LogP contribution >= 0.6 is 0 Å². The minimum absolute atomic E-state index is 0.0343. The molecule has 0 bridgehead atoms. The second-order valence-corrected chi connectivity index (χ2v) is 4.91. The molecule has 0 aliphatic carbocycles. The molecule has 0 saturated heterocycles. The summed E-state index contributed by atoms with van der Waals surface area (Å²) >= 11 is 0. The summed E-state index contributed by atoms with van der Waals surface area (Å²) in [7, 11) is 0. The van der Waals surface area contributed by atoms with Gasteiger partial charge in [0.25, 0.3) is 0 Å². The van der Waals surface area contributed by atoms with E-state index < -0.39 is 0 Å². The van der Waals surface area contributed by atoms with Gasteiger partial charge in [-0.15, -0.1) is 0 Å². The smallest absolute Gasteiger partial charge is 0.220 e. The van der Waals surface area contributed by atoms with Crippen LogP contribution in [0.2, 0.25) is 0 Å². The van der Waals surface area contributed by atoms with Crippen LogP contribution in [0, 0.1) is 11.3 Å². The van der Waals surface area contributed by atoms with Gasteiger partial charge in [-0.05, 0) is 12.8 Å². The fourth-order valence-corrected chi connectivity index (χ4v) is 1.95. The van der Waals surface area contributed by atoms with E-state index in [0.29, 0.717) is 12.8 Å². The molecule has 0 aromatic heterocycles. The summed E-state index contributed by atoms with van der Waals surface area (Å²) in [5.74, 6) is 0.102. The summed E-state index contributed by atoms with van der Waals surface area (Å²) in [5.41, 5.74) is 0. The SMILES string of the molecule is CCCCCCCCCC(=O)NC(CC)CC#N. The summed E-state index contributed by atoms with van der Waals surface area (Å²) in [4.78, 5) is 11.6. The first-order valence-electron chi connectivity index (χ1n) is 7.40. The molecule has 18 heavy (non-hydrogen) atoms. The van der Waals surface area contributed by atoms with Crippen molar-refractivity contribution < 1.29 is 4.79 Å². The molecule has 104 valence electrons. The molecule has 1 N–H and O–H groups in total. The Bertz CT molecular complexity index is 245. The fraction of sp³-hybridized carbons (Fsp3) is 0.867. The van der Waals surface area contributed by atoms with Gasteiger partial charge in [0.15, 0.2) is 0 Å². The maximum Gasteiger partial charge on any atom is 0.220 e. The molecule has 0 rings (SSSR count). The number of unbranched alkanes of at least 4 members (excludes halogenated alkanes) is 6. The number of rotatable bonds is 11. The van der Waals surface area contributed by atoms with Crippen LogP contribution in [0.1, 0.15) is 78.1 Å². The van der Waals surface area contributed by atoms with Crippen molar-refractivity contribution in [1.82, 2.24) is 5.32 Å². The van der Waals surface area contributed by atoms with E-state index in [1.807, 2.05) is 6.92 Å². The average molecular weight is 252 g/mol. The van der Waals surface area contributed by atoms with Crippen molar-refractivity contribution >= 4 is 5.91 Å². The van der Waals surface area contributed by atoms with Crippen molar-refractivity contribution in [3.05, 3.63) is 0 Å². The Balaban J connectivity index is 3.44. The van der Waals surface area contributed by atoms with Crippen molar-refractivity contribution in [2.24, 2.45) is 0 Å². The van der Waals surface area contributed by atoms with Crippen molar-refractivity contribution in [3.63, 3.8) is 0 Å². The minimum Gasteiger partial charge on any atom is -0.352 e. The molecule has 0 spiro atoms. The van der Waals surface area contributed by atoms with Gasteiger partial charge in [0.1, 0.15) is 0 Å². The van der Waals surface area contributed by atoms with Crippen LogP contribution in [0.15, 0.2) is 0 Å². The summed E-state index contributed by atoms with van der Waals surface area (Å²) in [6.07, 6.45) is 10.4. The summed E-state index contributed by atoms with van der Waals surface area (Å²) < 4.78 is 0. The van der Waals surface area contributed by atoms with Crippen LogP contribution < -0.4 is 5.32 Å². The highest BCUT2D eigenvalue weighted by Gasteiger charge is 2.09. The zero-order valence-corrected chi connectivity index (χ0v) is 12.0. The number of nitrogens with one attached hydrogen (secondary N) is 1. The molecule has 3 heteroatoms. The van der Waals surface area contributed by atoms with Crippen LogP contribution in [0.3, 0.4) is 0 Å². The van der Waals surface area contributed by atoms with Gasteiger partial charge >= 0.3 is 0 Å². The van der Waals surface area contributed by atoms with E-state index in [9.17, 15) is 4.79 Å². The van der Waals surface area contributed by atoms with Gasteiger partial charge in [-0.2, -0.15) is 5.26 Å². The maximum atomic E-state index is 11.6. The van der Waals surface area contributed by atoms with Crippen LogP contribution in [0.4, 0.5) is 0 Å². The van der Waals surface area contributed by atoms with Gasteiger partial charge < -0.3 is 5.32 Å². The monoisotopic (exact) mass is 252 g/mol. The number of hydrogen-bond donors (Lipinski definition) is 1. The van der Waals surface area contributed by atoms with E-state index in [0.717, 1.165) is 19.3 Å². The highest BCUT2D eigenvalue weighted by atomic mass is 16.1. The molecule has 0 saturated carbocycles. The first-order chi connectivity index (χ1) is 8.74. The molecular weight excluding hydrogens is 224 g/mol. The van der Waals surface area contributed by atoms with Crippen LogP contribution in [0.5, 0.6) is 0 Å². The zero-order chi connectivity index (χ0) is 13.6. The average Bonchev–Trinajstić information content (AvgIpc) is 2.37. The second-order valence-electron chi connectivity index (χ2n) is 4.91. The van der Waals surface area contributed by atoms with Crippen molar-refractivity contribution in [3.8, 4) is 6.07 Å². The molecule has 0 radical (unpaired) electrons. The number of nitrogens with zero attached hydrogens (tertiary/aromatic N) is 1. The molecule has 0 aliphatic rings. The quantitative estimate of drug-likeness (QED) is 0.566. The molecule has 1 atom stereocenters. The normalized spacial score (nSPS) is 11.8. The third kappa shape index (κ3) is 10.1. The Labute approximate surface area is 112 Å². The van der Waals surface area contributed by atoms with Gasteiger partial charge in [0, 0.05) is 12.5 Å². The lowest BCUT2D eigenvalue weighted by Gasteiger charge is -2.13. The van der Waals surface area contributed by atoms with Gasteiger partial charge in [-0.3, -0.25) is 4.79 Å². The van der Waals surface area contributed by atoms with Crippen LogP contribution in [0.25, 0.3) is 0 Å². The van der Waals surface area contributed by atoms with Gasteiger partial charge in [0.05, 0.1) is 12.5 Å². The lowest BCUT2D eigenvalue weighted by atomic mass is 10.1. The molecule has 0 aromatic rings. The van der Waals surface area contributed by atoms with E-state index in [2.05, 4.69) is 18.3 Å². The molecule has 1 amide bonds. The van der Waals surface area contributed by atoms with Crippen LogP contribution in [-0.2, 0) is 4.79 Å². The fourth-order valence-electron chi connectivity index (χ4n) is 1.95. The highest BCUT2D eigenvalue weighted by Crippen LogP contribution is 2.08. The van der Waals surface area contributed by atoms with E-state index in [1.165, 1.54) is 32.1 Å². The van der Waals surface area contributed by atoms with Gasteiger partial charge in [-0.1, -0.05) is 52.4 Å². The maximum absolute atomic E-state index is 11.6. The molecular formula is C15H28N2O. The number of carbonyl (C=O) groups excluding carboxylic acids is 1. The third-order valence-corrected chi connectivity index (χ3v) is 3.20. The molecule has 0 aliphatic heterocycles. The van der Waals surface area contributed by atoms with E-state index >= 15 is 0 Å². The molecule has 0 aromatic carbocycles. The predicted octanol–water partition coefficient (Wildman–Crippen LogP) is 3.94.